The molecule has 0 aliphatic carbocycles. The van der Waals surface area contributed by atoms with Crippen molar-refractivity contribution in [3.8, 4) is 0 Å². The first kappa shape index (κ1) is 17.8. The van der Waals surface area contributed by atoms with Crippen molar-refractivity contribution in [3.63, 3.8) is 0 Å². The van der Waals surface area contributed by atoms with Gasteiger partial charge in [0.2, 0.25) is 11.8 Å². The topological polar surface area (TPSA) is 82.9 Å². The Bertz CT molecular complexity index is 682. The van der Waals surface area contributed by atoms with Crippen LogP contribution in [0.5, 0.6) is 0 Å². The average Bonchev–Trinajstić information content (AvgIpc) is 2.75. The van der Waals surface area contributed by atoms with Crippen molar-refractivity contribution < 1.29 is 9.59 Å². The van der Waals surface area contributed by atoms with Gasteiger partial charge < -0.3 is 10.6 Å². The summed E-state index contributed by atoms with van der Waals surface area (Å²) in [7, 11) is 0. The van der Waals surface area contributed by atoms with E-state index >= 15 is 0 Å². The van der Waals surface area contributed by atoms with Crippen LogP contribution in [0.15, 0.2) is 28.4 Å². The fourth-order valence-electron chi connectivity index (χ4n) is 1.74. The molecular formula is C14H14Cl2N4O2S. The van der Waals surface area contributed by atoms with Crippen LogP contribution in [0.1, 0.15) is 20.3 Å². The maximum Gasteiger partial charge on any atom is 0.240 e. The van der Waals surface area contributed by atoms with Gasteiger partial charge in [-0.05, 0) is 32.0 Å². The first-order valence-corrected chi connectivity index (χ1v) is 8.29. The highest BCUT2D eigenvalue weighted by Gasteiger charge is 2.32. The van der Waals surface area contributed by atoms with Gasteiger partial charge in [0.1, 0.15) is 5.25 Å². The van der Waals surface area contributed by atoms with Crippen LogP contribution in [0.3, 0.4) is 0 Å². The van der Waals surface area contributed by atoms with Crippen molar-refractivity contribution in [1.82, 2.24) is 5.32 Å². The minimum Gasteiger partial charge on any atom is -0.326 e. The number of nitrogens with one attached hydrogen (secondary N) is 2. The number of carbonyl (C=O) groups is 2. The summed E-state index contributed by atoms with van der Waals surface area (Å²) in [6, 6.07) is 4.73. The number of amides is 2. The van der Waals surface area contributed by atoms with Crippen molar-refractivity contribution in [3.05, 3.63) is 28.2 Å². The van der Waals surface area contributed by atoms with E-state index in [9.17, 15) is 9.59 Å². The number of carbonyl (C=O) groups excluding carboxylic acids is 2. The minimum atomic E-state index is -0.546. The number of hydrogen-bond donors (Lipinski definition) is 2. The predicted octanol–water partition coefficient (Wildman–Crippen LogP) is 3.31. The van der Waals surface area contributed by atoms with Gasteiger partial charge in [-0.1, -0.05) is 35.0 Å². The lowest BCUT2D eigenvalue weighted by atomic mass is 10.2. The number of halogens is 2. The summed E-state index contributed by atoms with van der Waals surface area (Å²) in [6.45, 7) is 3.60. The number of anilines is 1. The van der Waals surface area contributed by atoms with E-state index in [0.717, 1.165) is 5.71 Å². The molecule has 1 heterocycles. The molecule has 1 aliphatic rings. The molecule has 0 saturated carbocycles. The maximum absolute atomic E-state index is 12.1. The summed E-state index contributed by atoms with van der Waals surface area (Å²) in [5, 5.41) is 13.7. The molecule has 23 heavy (non-hydrogen) atoms. The molecule has 0 aromatic heterocycles. The van der Waals surface area contributed by atoms with Crippen LogP contribution in [-0.2, 0) is 9.59 Å². The van der Waals surface area contributed by atoms with Crippen molar-refractivity contribution in [2.75, 3.05) is 5.32 Å². The third kappa shape index (κ3) is 5.53. The van der Waals surface area contributed by atoms with Gasteiger partial charge >= 0.3 is 0 Å². The summed E-state index contributed by atoms with van der Waals surface area (Å²) >= 11 is 12.9. The van der Waals surface area contributed by atoms with Crippen LogP contribution >= 0.6 is 35.0 Å². The Morgan fingerprint density at radius 1 is 1.30 bits per heavy atom. The van der Waals surface area contributed by atoms with Gasteiger partial charge in [-0.25, -0.2) is 0 Å². The van der Waals surface area contributed by atoms with Crippen molar-refractivity contribution in [2.24, 2.45) is 10.2 Å². The maximum atomic E-state index is 12.1. The number of rotatable bonds is 4. The molecule has 6 nitrogen and oxygen atoms in total. The normalized spacial score (nSPS) is 18.7. The highest BCUT2D eigenvalue weighted by Crippen LogP contribution is 2.25. The van der Waals surface area contributed by atoms with Crippen LogP contribution in [-0.4, -0.2) is 27.9 Å². The highest BCUT2D eigenvalue weighted by molar-refractivity contribution is 8.15. The number of amidine groups is 1. The summed E-state index contributed by atoms with van der Waals surface area (Å²) in [5.41, 5.74) is 1.25. The number of nitrogens with zero attached hydrogens (tertiary/aromatic N) is 2. The summed E-state index contributed by atoms with van der Waals surface area (Å²) in [5.74, 6) is -0.579. The molecule has 1 aromatic carbocycles. The minimum absolute atomic E-state index is 0.00841. The van der Waals surface area contributed by atoms with E-state index in [4.69, 9.17) is 23.2 Å². The zero-order valence-corrected chi connectivity index (χ0v) is 14.7. The SMILES string of the molecule is CC(C)=NN=C1NC(=O)C(CC(=O)Nc2cc(Cl)cc(Cl)c2)S1. The molecule has 1 fully saturated rings. The first-order chi connectivity index (χ1) is 10.8. The molecule has 1 aromatic rings. The number of benzene rings is 1. The van der Waals surface area contributed by atoms with Crippen LogP contribution in [0.25, 0.3) is 0 Å². The Hall–Kier alpha value is -1.57. The summed E-state index contributed by atoms with van der Waals surface area (Å²) < 4.78 is 0. The summed E-state index contributed by atoms with van der Waals surface area (Å²) in [4.78, 5) is 23.9. The van der Waals surface area contributed by atoms with Gasteiger partial charge in [0, 0.05) is 27.9 Å². The monoisotopic (exact) mass is 372 g/mol. The Morgan fingerprint density at radius 2 is 1.96 bits per heavy atom. The quantitative estimate of drug-likeness (QED) is 0.628. The zero-order chi connectivity index (χ0) is 17.0. The van der Waals surface area contributed by atoms with E-state index in [0.29, 0.717) is 20.9 Å². The van der Waals surface area contributed by atoms with Crippen LogP contribution in [0.4, 0.5) is 5.69 Å². The smallest absolute Gasteiger partial charge is 0.240 e. The summed E-state index contributed by atoms with van der Waals surface area (Å²) in [6.07, 6.45) is 0.00841. The average molecular weight is 373 g/mol. The van der Waals surface area contributed by atoms with E-state index in [-0.39, 0.29) is 18.2 Å². The Morgan fingerprint density at radius 3 is 2.57 bits per heavy atom. The number of thioether (sulfide) groups is 1. The van der Waals surface area contributed by atoms with Crippen molar-refractivity contribution >= 4 is 63.3 Å². The lowest BCUT2D eigenvalue weighted by Crippen LogP contribution is -2.28. The largest absolute Gasteiger partial charge is 0.326 e. The van der Waals surface area contributed by atoms with Crippen LogP contribution < -0.4 is 10.6 Å². The molecule has 0 bridgehead atoms. The van der Waals surface area contributed by atoms with Gasteiger partial charge in [-0.3, -0.25) is 9.59 Å². The molecule has 122 valence electrons. The fraction of sp³-hybridized carbons (Fsp3) is 0.286. The predicted molar refractivity (Wildman–Crippen MR) is 95.4 cm³/mol. The second-order valence-electron chi connectivity index (χ2n) is 4.96. The van der Waals surface area contributed by atoms with Gasteiger partial charge in [0.25, 0.3) is 0 Å². The van der Waals surface area contributed by atoms with E-state index in [1.165, 1.54) is 11.8 Å². The van der Waals surface area contributed by atoms with Gasteiger partial charge in [-0.2, -0.15) is 5.10 Å². The van der Waals surface area contributed by atoms with Gasteiger partial charge in [0.05, 0.1) is 0 Å². The molecule has 0 spiro atoms. The van der Waals surface area contributed by atoms with Crippen LogP contribution in [0.2, 0.25) is 10.0 Å². The zero-order valence-electron chi connectivity index (χ0n) is 12.4. The molecule has 1 unspecified atom stereocenters. The van der Waals surface area contributed by atoms with E-state index in [1.807, 2.05) is 0 Å². The molecule has 1 aliphatic heterocycles. The lowest BCUT2D eigenvalue weighted by Gasteiger charge is -2.08. The van der Waals surface area contributed by atoms with Crippen molar-refractivity contribution in [2.45, 2.75) is 25.5 Å². The fourth-order valence-corrected chi connectivity index (χ4v) is 3.18. The molecule has 9 heteroatoms. The molecule has 2 N–H and O–H groups in total. The first-order valence-electron chi connectivity index (χ1n) is 6.66. The standard InChI is InChI=1S/C14H14Cl2N4O2S/c1-7(2)19-20-14-18-13(22)11(23-14)6-12(21)17-10-4-8(15)3-9(16)5-10/h3-5,11H,6H2,1-2H3,(H,17,21)(H,18,20,22). The Labute approximate surface area is 147 Å². The van der Waals surface area contributed by atoms with Gasteiger partial charge in [-0.15, -0.1) is 5.10 Å². The molecule has 2 rings (SSSR count). The second kappa shape index (κ2) is 7.81. The molecule has 0 radical (unpaired) electrons. The van der Waals surface area contributed by atoms with E-state index < -0.39 is 5.25 Å². The van der Waals surface area contributed by atoms with Crippen molar-refractivity contribution in [1.29, 1.82) is 0 Å². The molecule has 1 saturated heterocycles. The van der Waals surface area contributed by atoms with E-state index in [1.54, 1.807) is 32.0 Å². The van der Waals surface area contributed by atoms with E-state index in [2.05, 4.69) is 20.8 Å². The van der Waals surface area contributed by atoms with Gasteiger partial charge in [0.15, 0.2) is 5.17 Å². The lowest BCUT2D eigenvalue weighted by molar-refractivity contribution is -0.122. The third-order valence-corrected chi connectivity index (χ3v) is 4.14. The molecular weight excluding hydrogens is 359 g/mol. The molecule has 1 atom stereocenters. The Balaban J connectivity index is 1.96. The third-order valence-electron chi connectivity index (χ3n) is 2.63. The molecule has 2 amide bonds. The second-order valence-corrected chi connectivity index (χ2v) is 7.02. The Kier molecular flexibility index (Phi) is 6.04. The van der Waals surface area contributed by atoms with Crippen LogP contribution in [0, 0.1) is 0 Å². The highest BCUT2D eigenvalue weighted by atomic mass is 35.5. The number of hydrogen-bond acceptors (Lipinski definition) is 5.